The van der Waals surface area contributed by atoms with Gasteiger partial charge in [-0.1, -0.05) is 6.92 Å². The van der Waals surface area contributed by atoms with E-state index in [1.807, 2.05) is 25.1 Å². The monoisotopic (exact) mass is 420 g/mol. The van der Waals surface area contributed by atoms with Crippen molar-refractivity contribution in [2.24, 2.45) is 0 Å². The van der Waals surface area contributed by atoms with E-state index in [-0.39, 0.29) is 11.9 Å². The average molecular weight is 421 g/mol. The molecule has 0 spiro atoms. The predicted octanol–water partition coefficient (Wildman–Crippen LogP) is 3.03. The molecule has 1 aliphatic heterocycles. The van der Waals surface area contributed by atoms with Crippen LogP contribution in [0, 0.1) is 0 Å². The Bertz CT molecular complexity index is 1090. The number of aromatic nitrogens is 3. The van der Waals surface area contributed by atoms with Crippen LogP contribution in [0.25, 0.3) is 10.9 Å². The van der Waals surface area contributed by atoms with Gasteiger partial charge in [-0.05, 0) is 44.0 Å². The number of carbonyl (C=O) groups excluding carboxylic acids is 1. The van der Waals surface area contributed by atoms with E-state index in [4.69, 9.17) is 4.74 Å². The van der Waals surface area contributed by atoms with Gasteiger partial charge in [-0.3, -0.25) is 9.78 Å². The Morgan fingerprint density at radius 1 is 1.23 bits per heavy atom. The molecule has 3 aromatic rings. The van der Waals surface area contributed by atoms with Gasteiger partial charge >= 0.3 is 6.01 Å². The number of aryl methyl sites for hydroxylation is 1. The molecule has 162 valence electrons. The Morgan fingerprint density at radius 3 is 2.71 bits per heavy atom. The van der Waals surface area contributed by atoms with Crippen LogP contribution < -0.4 is 20.3 Å². The maximum atomic E-state index is 13.2. The second-order valence-electron chi connectivity index (χ2n) is 7.97. The van der Waals surface area contributed by atoms with Gasteiger partial charge in [-0.15, -0.1) is 0 Å². The molecule has 4 rings (SSSR count). The fourth-order valence-corrected chi connectivity index (χ4v) is 4.19. The number of hydrogen-bond donors (Lipinski definition) is 2. The summed E-state index contributed by atoms with van der Waals surface area (Å²) in [6.45, 7) is 8.12. The molecular formula is C23H28N6O2. The van der Waals surface area contributed by atoms with Crippen molar-refractivity contribution < 1.29 is 9.53 Å². The molecule has 0 saturated carbocycles. The number of carbonyl (C=O) groups is 1. The molecule has 1 fully saturated rings. The van der Waals surface area contributed by atoms with Gasteiger partial charge in [-0.2, -0.15) is 4.98 Å². The molecule has 2 aromatic heterocycles. The van der Waals surface area contributed by atoms with E-state index in [1.54, 1.807) is 18.6 Å². The largest absolute Gasteiger partial charge is 0.467 e. The maximum absolute atomic E-state index is 13.2. The topological polar surface area (TPSA) is 92.3 Å². The SMILES string of the molecule is CCc1cnccc1NC(=O)c1ccc(N2CC(C)NC(C)C2)c2cnc(OC)nc12. The molecule has 31 heavy (non-hydrogen) atoms. The molecule has 2 unspecified atom stereocenters. The van der Waals surface area contributed by atoms with Crippen LogP contribution in [0.5, 0.6) is 6.01 Å². The smallest absolute Gasteiger partial charge is 0.316 e. The fourth-order valence-electron chi connectivity index (χ4n) is 4.19. The number of amides is 1. The van der Waals surface area contributed by atoms with E-state index < -0.39 is 0 Å². The first-order chi connectivity index (χ1) is 15.0. The van der Waals surface area contributed by atoms with Crippen molar-refractivity contribution in [3.05, 3.63) is 47.9 Å². The Balaban J connectivity index is 1.76. The summed E-state index contributed by atoms with van der Waals surface area (Å²) in [5.74, 6) is -0.222. The van der Waals surface area contributed by atoms with Crippen molar-refractivity contribution in [1.29, 1.82) is 0 Å². The molecule has 1 aliphatic rings. The molecule has 0 bridgehead atoms. The molecule has 8 heteroatoms. The Morgan fingerprint density at radius 2 is 2.00 bits per heavy atom. The molecule has 0 radical (unpaired) electrons. The van der Waals surface area contributed by atoms with Crippen molar-refractivity contribution in [1.82, 2.24) is 20.3 Å². The number of rotatable bonds is 5. The van der Waals surface area contributed by atoms with Crippen LogP contribution in [0.15, 0.2) is 36.8 Å². The number of hydrogen-bond acceptors (Lipinski definition) is 7. The molecule has 1 amide bonds. The molecule has 2 atom stereocenters. The molecule has 0 aliphatic carbocycles. The van der Waals surface area contributed by atoms with E-state index in [0.29, 0.717) is 23.2 Å². The van der Waals surface area contributed by atoms with Gasteiger partial charge < -0.3 is 20.3 Å². The van der Waals surface area contributed by atoms with E-state index in [9.17, 15) is 4.79 Å². The zero-order chi connectivity index (χ0) is 22.0. The van der Waals surface area contributed by atoms with Crippen LogP contribution in [0.3, 0.4) is 0 Å². The van der Waals surface area contributed by atoms with E-state index in [2.05, 4.69) is 44.3 Å². The summed E-state index contributed by atoms with van der Waals surface area (Å²) in [4.78, 5) is 28.6. The minimum atomic E-state index is -0.222. The number of fused-ring (bicyclic) bond motifs is 1. The van der Waals surface area contributed by atoms with Gasteiger partial charge in [0.1, 0.15) is 0 Å². The lowest BCUT2D eigenvalue weighted by Crippen LogP contribution is -2.54. The standard InChI is InChI=1S/C23H28N6O2/c1-5-16-10-24-9-8-19(16)27-22(30)17-6-7-20(29-12-14(2)26-15(3)13-29)18-11-25-23(31-4)28-21(17)18/h6-11,14-15,26H,5,12-13H2,1-4H3,(H,24,27,30). The van der Waals surface area contributed by atoms with Crippen LogP contribution in [-0.4, -0.2) is 53.1 Å². The first-order valence-corrected chi connectivity index (χ1v) is 10.6. The summed E-state index contributed by atoms with van der Waals surface area (Å²) in [6, 6.07) is 6.60. The fraction of sp³-hybridized carbons (Fsp3) is 0.391. The van der Waals surface area contributed by atoms with Crippen molar-refractivity contribution in [3.8, 4) is 6.01 Å². The van der Waals surface area contributed by atoms with Crippen LogP contribution in [-0.2, 0) is 6.42 Å². The van der Waals surface area contributed by atoms with Gasteiger partial charge in [0, 0.05) is 60.5 Å². The summed E-state index contributed by atoms with van der Waals surface area (Å²) < 4.78 is 5.25. The lowest BCUT2D eigenvalue weighted by Gasteiger charge is -2.38. The lowest BCUT2D eigenvalue weighted by molar-refractivity contribution is 0.102. The van der Waals surface area contributed by atoms with Crippen molar-refractivity contribution in [2.45, 2.75) is 39.3 Å². The van der Waals surface area contributed by atoms with Crippen LogP contribution in [0.1, 0.15) is 36.7 Å². The lowest BCUT2D eigenvalue weighted by atomic mass is 10.0. The first-order valence-electron chi connectivity index (χ1n) is 10.6. The highest BCUT2D eigenvalue weighted by Gasteiger charge is 2.24. The van der Waals surface area contributed by atoms with Crippen molar-refractivity contribution in [3.63, 3.8) is 0 Å². The highest BCUT2D eigenvalue weighted by molar-refractivity contribution is 6.14. The van der Waals surface area contributed by atoms with Crippen molar-refractivity contribution >= 4 is 28.2 Å². The summed E-state index contributed by atoms with van der Waals surface area (Å²) in [5, 5.41) is 7.40. The Labute approximate surface area is 182 Å². The molecule has 1 aromatic carbocycles. The number of nitrogens with one attached hydrogen (secondary N) is 2. The molecule has 8 nitrogen and oxygen atoms in total. The molecule has 1 saturated heterocycles. The number of nitrogens with zero attached hydrogens (tertiary/aromatic N) is 4. The zero-order valence-corrected chi connectivity index (χ0v) is 18.3. The van der Waals surface area contributed by atoms with Gasteiger partial charge in [0.15, 0.2) is 0 Å². The van der Waals surface area contributed by atoms with E-state index in [1.165, 1.54) is 7.11 Å². The normalized spacial score (nSPS) is 18.8. The zero-order valence-electron chi connectivity index (χ0n) is 18.3. The minimum Gasteiger partial charge on any atom is -0.467 e. The maximum Gasteiger partial charge on any atom is 0.316 e. The number of ether oxygens (including phenoxy) is 1. The third-order valence-corrected chi connectivity index (χ3v) is 5.56. The third-order valence-electron chi connectivity index (χ3n) is 5.56. The number of piperazine rings is 1. The second-order valence-corrected chi connectivity index (χ2v) is 7.97. The van der Waals surface area contributed by atoms with Gasteiger partial charge in [0.25, 0.3) is 5.91 Å². The molecule has 2 N–H and O–H groups in total. The summed E-state index contributed by atoms with van der Waals surface area (Å²) >= 11 is 0. The average Bonchev–Trinajstić information content (AvgIpc) is 2.77. The van der Waals surface area contributed by atoms with Gasteiger partial charge in [-0.25, -0.2) is 4.98 Å². The summed E-state index contributed by atoms with van der Waals surface area (Å²) in [5.41, 5.74) is 3.81. The van der Waals surface area contributed by atoms with Crippen molar-refractivity contribution in [2.75, 3.05) is 30.4 Å². The summed E-state index contributed by atoms with van der Waals surface area (Å²) in [6.07, 6.45) is 5.97. The number of benzene rings is 1. The number of pyridine rings is 1. The Hall–Kier alpha value is -3.26. The number of anilines is 2. The van der Waals surface area contributed by atoms with E-state index >= 15 is 0 Å². The van der Waals surface area contributed by atoms with Crippen LogP contribution in [0.4, 0.5) is 11.4 Å². The van der Waals surface area contributed by atoms with Crippen LogP contribution in [0.2, 0.25) is 0 Å². The highest BCUT2D eigenvalue weighted by Crippen LogP contribution is 2.31. The third kappa shape index (κ3) is 4.29. The van der Waals surface area contributed by atoms with Crippen LogP contribution >= 0.6 is 0 Å². The van der Waals surface area contributed by atoms with Gasteiger partial charge in [0.05, 0.1) is 18.2 Å². The highest BCUT2D eigenvalue weighted by atomic mass is 16.5. The van der Waals surface area contributed by atoms with Gasteiger partial charge in [0.2, 0.25) is 0 Å². The minimum absolute atomic E-state index is 0.222. The van der Waals surface area contributed by atoms with E-state index in [0.717, 1.165) is 41.8 Å². The quantitative estimate of drug-likeness (QED) is 0.655. The predicted molar refractivity (Wildman–Crippen MR) is 122 cm³/mol. The summed E-state index contributed by atoms with van der Waals surface area (Å²) in [7, 11) is 1.52. The number of methoxy groups -OCH3 is 1. The first kappa shape index (κ1) is 21.0. The Kier molecular flexibility index (Phi) is 5.99. The molecule has 3 heterocycles. The second kappa shape index (κ2) is 8.85. The molecular weight excluding hydrogens is 392 g/mol.